The van der Waals surface area contributed by atoms with E-state index < -0.39 is 5.82 Å². The number of aryl methyl sites for hydroxylation is 1. The average molecular weight is 352 g/mol. The molecule has 0 heterocycles. The highest BCUT2D eigenvalue weighted by molar-refractivity contribution is 5.82. The number of unbranched alkanes of at least 4 members (excludes halogenated alkanes) is 2. The van der Waals surface area contributed by atoms with Crippen molar-refractivity contribution in [1.82, 2.24) is 0 Å². The zero-order chi connectivity index (χ0) is 18.6. The Balaban J connectivity index is 1.89. The zero-order valence-corrected chi connectivity index (χ0v) is 15.2. The lowest BCUT2D eigenvalue weighted by molar-refractivity contribution is 0.342. The fourth-order valence-corrected chi connectivity index (χ4v) is 2.41. The lowest BCUT2D eigenvalue weighted by Gasteiger charge is -2.04. The van der Waals surface area contributed by atoms with Crippen molar-refractivity contribution in [3.05, 3.63) is 77.6 Å². The molecule has 0 aromatic heterocycles. The second kappa shape index (κ2) is 11.0. The first-order chi connectivity index (χ1) is 12.7. The fourth-order valence-electron chi connectivity index (χ4n) is 2.41. The third-order valence-corrected chi connectivity index (χ3v) is 3.84. The van der Waals surface area contributed by atoms with Crippen LogP contribution in [0.5, 0.6) is 5.75 Å². The van der Waals surface area contributed by atoms with Gasteiger partial charge in [-0.15, -0.1) is 0 Å². The standard InChI is InChI=1S/C22H25FN2O/c1-3-5-6-7-18-8-10-19(11-9-18)16-24-25-17-20-12-13-22(21(23)15-20)26-14-4-2/h4,8-13,15-17H,2-3,5-7,14H2,1H3. The van der Waals surface area contributed by atoms with Crippen molar-refractivity contribution in [2.45, 2.75) is 32.6 Å². The van der Waals surface area contributed by atoms with Crippen molar-refractivity contribution >= 4 is 12.4 Å². The molecule has 0 bridgehead atoms. The van der Waals surface area contributed by atoms with Gasteiger partial charge in [-0.05, 0) is 47.7 Å². The van der Waals surface area contributed by atoms with Gasteiger partial charge in [0, 0.05) is 0 Å². The van der Waals surface area contributed by atoms with E-state index in [9.17, 15) is 4.39 Å². The maximum absolute atomic E-state index is 13.8. The van der Waals surface area contributed by atoms with Gasteiger partial charge in [0.2, 0.25) is 0 Å². The van der Waals surface area contributed by atoms with E-state index in [2.05, 4.69) is 35.8 Å². The topological polar surface area (TPSA) is 34.0 Å². The fraction of sp³-hybridized carbons (Fsp3) is 0.273. The molecule has 0 aliphatic rings. The highest BCUT2D eigenvalue weighted by atomic mass is 19.1. The van der Waals surface area contributed by atoms with Crippen molar-refractivity contribution in [2.24, 2.45) is 10.2 Å². The third kappa shape index (κ3) is 6.63. The SMILES string of the molecule is C=CCOc1ccc(C=NN=Cc2ccc(CCCCC)cc2)cc1F. The Bertz CT molecular complexity index is 751. The second-order valence-corrected chi connectivity index (χ2v) is 5.98. The summed E-state index contributed by atoms with van der Waals surface area (Å²) in [5, 5.41) is 7.99. The molecule has 0 amide bonds. The van der Waals surface area contributed by atoms with E-state index in [1.807, 2.05) is 12.1 Å². The maximum atomic E-state index is 13.8. The van der Waals surface area contributed by atoms with E-state index >= 15 is 0 Å². The summed E-state index contributed by atoms with van der Waals surface area (Å²) in [6, 6.07) is 13.0. The summed E-state index contributed by atoms with van der Waals surface area (Å²) in [7, 11) is 0. The van der Waals surface area contributed by atoms with Crippen LogP contribution < -0.4 is 4.74 Å². The highest BCUT2D eigenvalue weighted by Gasteiger charge is 2.02. The monoisotopic (exact) mass is 352 g/mol. The van der Waals surface area contributed by atoms with Crippen LogP contribution in [0.15, 0.2) is 65.3 Å². The van der Waals surface area contributed by atoms with Gasteiger partial charge in [-0.2, -0.15) is 10.2 Å². The van der Waals surface area contributed by atoms with Crippen molar-refractivity contribution in [3.8, 4) is 5.75 Å². The van der Waals surface area contributed by atoms with E-state index in [1.165, 1.54) is 37.1 Å². The molecular weight excluding hydrogens is 327 g/mol. The predicted molar refractivity (Wildman–Crippen MR) is 107 cm³/mol. The van der Waals surface area contributed by atoms with Crippen molar-refractivity contribution in [1.29, 1.82) is 0 Å². The molecule has 0 spiro atoms. The number of hydrogen-bond donors (Lipinski definition) is 0. The highest BCUT2D eigenvalue weighted by Crippen LogP contribution is 2.17. The van der Waals surface area contributed by atoms with Crippen LogP contribution in [-0.2, 0) is 6.42 Å². The molecule has 26 heavy (non-hydrogen) atoms. The van der Waals surface area contributed by atoms with E-state index in [-0.39, 0.29) is 12.4 Å². The van der Waals surface area contributed by atoms with Gasteiger partial charge < -0.3 is 4.74 Å². The number of nitrogens with zero attached hydrogens (tertiary/aromatic N) is 2. The lowest BCUT2D eigenvalue weighted by Crippen LogP contribution is -1.96. The van der Waals surface area contributed by atoms with Gasteiger partial charge in [0.1, 0.15) is 6.61 Å². The molecule has 2 rings (SSSR count). The summed E-state index contributed by atoms with van der Waals surface area (Å²) in [4.78, 5) is 0. The van der Waals surface area contributed by atoms with Crippen LogP contribution in [0.25, 0.3) is 0 Å². The lowest BCUT2D eigenvalue weighted by atomic mass is 10.1. The molecule has 0 radical (unpaired) electrons. The second-order valence-electron chi connectivity index (χ2n) is 5.98. The van der Waals surface area contributed by atoms with Gasteiger partial charge >= 0.3 is 0 Å². The smallest absolute Gasteiger partial charge is 0.165 e. The predicted octanol–water partition coefficient (Wildman–Crippen LogP) is 5.58. The van der Waals surface area contributed by atoms with Crippen molar-refractivity contribution < 1.29 is 9.13 Å². The summed E-state index contributed by atoms with van der Waals surface area (Å²) in [6.07, 6.45) is 9.60. The first kappa shape index (κ1) is 19.6. The molecule has 0 unspecified atom stereocenters. The molecule has 136 valence electrons. The van der Waals surface area contributed by atoms with Gasteiger partial charge in [0.15, 0.2) is 11.6 Å². The van der Waals surface area contributed by atoms with Gasteiger partial charge in [0.05, 0.1) is 12.4 Å². The molecule has 0 fully saturated rings. The number of ether oxygens (including phenoxy) is 1. The average Bonchev–Trinajstić information content (AvgIpc) is 2.66. The number of hydrogen-bond acceptors (Lipinski definition) is 3. The summed E-state index contributed by atoms with van der Waals surface area (Å²) in [6.45, 7) is 6.01. The van der Waals surface area contributed by atoms with Gasteiger partial charge in [-0.3, -0.25) is 0 Å². The van der Waals surface area contributed by atoms with Crippen molar-refractivity contribution in [2.75, 3.05) is 6.61 Å². The number of halogens is 1. The normalized spacial score (nSPS) is 11.3. The zero-order valence-electron chi connectivity index (χ0n) is 15.2. The molecule has 2 aromatic carbocycles. The van der Waals surface area contributed by atoms with Gasteiger partial charge in [-0.25, -0.2) is 4.39 Å². The van der Waals surface area contributed by atoms with Crippen LogP contribution in [0.1, 0.15) is 42.9 Å². The summed E-state index contributed by atoms with van der Waals surface area (Å²) in [5.74, 6) is -0.233. The number of benzene rings is 2. The molecule has 0 saturated heterocycles. The molecule has 4 heteroatoms. The van der Waals surface area contributed by atoms with Gasteiger partial charge in [-0.1, -0.05) is 56.7 Å². The minimum absolute atomic E-state index is 0.199. The molecule has 0 aliphatic heterocycles. The third-order valence-electron chi connectivity index (χ3n) is 3.84. The van der Waals surface area contributed by atoms with E-state index in [0.29, 0.717) is 5.56 Å². The van der Waals surface area contributed by atoms with E-state index in [1.54, 1.807) is 24.4 Å². The Labute approximate surface area is 154 Å². The molecular formula is C22H25FN2O. The van der Waals surface area contributed by atoms with E-state index in [4.69, 9.17) is 4.74 Å². The molecule has 0 aliphatic carbocycles. The molecule has 0 saturated carbocycles. The van der Waals surface area contributed by atoms with Crippen LogP contribution in [0.2, 0.25) is 0 Å². The van der Waals surface area contributed by atoms with Crippen LogP contribution in [0, 0.1) is 5.82 Å². The van der Waals surface area contributed by atoms with Crippen molar-refractivity contribution in [3.63, 3.8) is 0 Å². The Kier molecular flexibility index (Phi) is 8.27. The number of rotatable bonds is 10. The summed E-state index contributed by atoms with van der Waals surface area (Å²) >= 11 is 0. The first-order valence-corrected chi connectivity index (χ1v) is 8.91. The molecule has 3 nitrogen and oxygen atoms in total. The Hall–Kier alpha value is -2.75. The molecule has 0 atom stereocenters. The molecule has 2 aromatic rings. The first-order valence-electron chi connectivity index (χ1n) is 8.91. The van der Waals surface area contributed by atoms with Crippen LogP contribution in [-0.4, -0.2) is 19.0 Å². The minimum Gasteiger partial charge on any atom is -0.486 e. The largest absolute Gasteiger partial charge is 0.486 e. The van der Waals surface area contributed by atoms with Gasteiger partial charge in [0.25, 0.3) is 0 Å². The summed E-state index contributed by atoms with van der Waals surface area (Å²) in [5.41, 5.74) is 2.95. The van der Waals surface area contributed by atoms with Crippen LogP contribution in [0.4, 0.5) is 4.39 Å². The minimum atomic E-state index is -0.432. The Morgan fingerprint density at radius 2 is 1.69 bits per heavy atom. The van der Waals surface area contributed by atoms with Crippen LogP contribution >= 0.6 is 0 Å². The quantitative estimate of drug-likeness (QED) is 0.238. The Morgan fingerprint density at radius 3 is 2.35 bits per heavy atom. The summed E-state index contributed by atoms with van der Waals surface area (Å²) < 4.78 is 19.0. The van der Waals surface area contributed by atoms with E-state index in [0.717, 1.165) is 12.0 Å². The Morgan fingerprint density at radius 1 is 1.00 bits per heavy atom. The molecule has 0 N–H and O–H groups in total. The van der Waals surface area contributed by atoms with Crippen LogP contribution in [0.3, 0.4) is 0 Å². The maximum Gasteiger partial charge on any atom is 0.165 e.